The van der Waals surface area contributed by atoms with E-state index in [2.05, 4.69) is 46.5 Å². The molecule has 0 bridgehead atoms. The molecule has 8 rings (SSSR count). The van der Waals surface area contributed by atoms with Crippen LogP contribution in [0, 0.1) is 25.5 Å². The molecule has 2 atom stereocenters. The lowest BCUT2D eigenvalue weighted by atomic mass is 10.1. The van der Waals surface area contributed by atoms with Gasteiger partial charge in [-0.15, -0.1) is 0 Å². The summed E-state index contributed by atoms with van der Waals surface area (Å²) in [6, 6.07) is 10.6. The van der Waals surface area contributed by atoms with Crippen molar-refractivity contribution in [2.45, 2.75) is 72.9 Å². The molecule has 0 aliphatic carbocycles. The van der Waals surface area contributed by atoms with Crippen molar-refractivity contribution in [1.29, 1.82) is 0 Å². The maximum atomic E-state index is 13.3. The number of aliphatic hydroxyl groups is 1. The number of rotatable bonds is 13. The Labute approximate surface area is 395 Å². The van der Waals surface area contributed by atoms with E-state index in [4.69, 9.17) is 18.7 Å². The molecule has 0 radical (unpaired) electrons. The Balaban J connectivity index is 0.000000236. The van der Waals surface area contributed by atoms with Crippen molar-refractivity contribution in [3.05, 3.63) is 143 Å². The minimum atomic E-state index is -0.610. The Hall–Kier alpha value is -8.04. The van der Waals surface area contributed by atoms with Gasteiger partial charge in [-0.05, 0) is 89.2 Å². The number of amides is 2. The van der Waals surface area contributed by atoms with E-state index < -0.39 is 24.0 Å². The molecule has 21 heteroatoms. The van der Waals surface area contributed by atoms with Crippen molar-refractivity contribution >= 4 is 45.4 Å². The molecule has 19 nitrogen and oxygen atoms in total. The fourth-order valence-corrected chi connectivity index (χ4v) is 6.81. The first kappa shape index (κ1) is 51.9. The molecule has 0 aliphatic heterocycles. The second-order valence-corrected chi connectivity index (χ2v) is 14.7. The van der Waals surface area contributed by atoms with Crippen molar-refractivity contribution < 1.29 is 46.6 Å². The zero-order valence-electron chi connectivity index (χ0n) is 39.3. The van der Waals surface area contributed by atoms with Crippen LogP contribution in [-0.4, -0.2) is 88.9 Å². The number of oxazole rings is 2. The number of Topliss-reactive ketones (excluding diaryl/α,β-unsaturated/α-hetero) is 1. The summed E-state index contributed by atoms with van der Waals surface area (Å²) >= 11 is 0. The number of halogens is 2. The Morgan fingerprint density at radius 3 is 1.43 bits per heavy atom. The molecule has 2 amide bonds. The average Bonchev–Trinajstić information content (AvgIpc) is 4.18. The second-order valence-electron chi connectivity index (χ2n) is 14.7. The molecule has 362 valence electrons. The van der Waals surface area contributed by atoms with Gasteiger partial charge in [0.25, 0.3) is 11.8 Å². The summed E-state index contributed by atoms with van der Waals surface area (Å²) in [6.07, 6.45) is 10.5. The number of aromatic nitrogens is 8. The molecule has 2 unspecified atom stereocenters. The first-order valence-corrected chi connectivity index (χ1v) is 21.8. The van der Waals surface area contributed by atoms with Crippen molar-refractivity contribution in [2.75, 3.05) is 20.8 Å². The first-order chi connectivity index (χ1) is 33.3. The number of nitrogens with one attached hydrogen (secondary N) is 2. The largest absolute Gasteiger partial charge is 0.464 e. The molecule has 5 N–H and O–H groups in total. The van der Waals surface area contributed by atoms with Gasteiger partial charge < -0.3 is 35.0 Å². The summed E-state index contributed by atoms with van der Waals surface area (Å²) in [7, 11) is 2.76. The number of pyridine rings is 2. The number of benzene rings is 2. The number of carbonyl (C=O) groups excluding carboxylic acids is 4. The molecular weight excluding hydrogens is 897 g/mol. The Morgan fingerprint density at radius 1 is 0.667 bits per heavy atom. The molecule has 69 heavy (non-hydrogen) atoms. The molecule has 6 heterocycles. The summed E-state index contributed by atoms with van der Waals surface area (Å²) in [4.78, 5) is 66.9. The number of hydrogen-bond donors (Lipinski definition) is 4. The van der Waals surface area contributed by atoms with E-state index in [-0.39, 0.29) is 47.4 Å². The number of aliphatic hydroxyl groups excluding tert-OH is 1. The summed E-state index contributed by atoms with van der Waals surface area (Å²) in [6.45, 7) is 10.7. The van der Waals surface area contributed by atoms with Gasteiger partial charge in [0.15, 0.2) is 11.5 Å². The van der Waals surface area contributed by atoms with Gasteiger partial charge in [0.2, 0.25) is 11.8 Å². The van der Waals surface area contributed by atoms with Gasteiger partial charge in [-0.2, -0.15) is 10.2 Å². The SMILES string of the molecule is CCC(=O)c1nc(C(CC)NC(=O)c2cncc3c2cnn3-c2ccc(F)cc2)oc1C.CCC(NC(=O)c1cncc2c1cnn2-c1ccc(F)cc1)c1nc(C(=O)OC)c(C)o1.CCO.CN. The smallest absolute Gasteiger partial charge is 0.360 e. The zero-order chi connectivity index (χ0) is 50.4. The number of esters is 1. The van der Waals surface area contributed by atoms with E-state index >= 15 is 0 Å². The van der Waals surface area contributed by atoms with Crippen LogP contribution < -0.4 is 16.4 Å². The van der Waals surface area contributed by atoms with E-state index in [1.165, 1.54) is 50.8 Å². The molecule has 0 saturated heterocycles. The van der Waals surface area contributed by atoms with Crippen molar-refractivity contribution in [3.8, 4) is 11.4 Å². The van der Waals surface area contributed by atoms with Gasteiger partial charge in [-0.25, -0.2) is 32.9 Å². The van der Waals surface area contributed by atoms with Gasteiger partial charge in [-0.3, -0.25) is 24.4 Å². The predicted molar refractivity (Wildman–Crippen MR) is 250 cm³/mol. The normalized spacial score (nSPS) is 11.5. The van der Waals surface area contributed by atoms with Crippen LogP contribution in [0.4, 0.5) is 8.78 Å². The monoisotopic (exact) mass is 949 g/mol. The average molecular weight is 950 g/mol. The van der Waals surface area contributed by atoms with Gasteiger partial charge in [0, 0.05) is 36.2 Å². The molecule has 6 aromatic heterocycles. The van der Waals surface area contributed by atoms with Crippen molar-refractivity contribution in [1.82, 2.24) is 50.1 Å². The lowest BCUT2D eigenvalue weighted by molar-refractivity contribution is 0.0592. The predicted octanol–water partition coefficient (Wildman–Crippen LogP) is 7.43. The number of ketones is 1. The molecular formula is C48H53F2N11O8. The Bertz CT molecular complexity index is 2820. The lowest BCUT2D eigenvalue weighted by Gasteiger charge is -2.14. The topological polar surface area (TPSA) is 261 Å². The van der Waals surface area contributed by atoms with E-state index in [0.717, 1.165) is 0 Å². The standard InChI is InChI=1S/C23H22FN5O3.C22H20FN5O4.C2H6O.CH5N/c1-4-18(23-28-21(13(3)32-23)20(30)5-2)27-22(31)17-10-25-12-19-16(17)11-26-29(19)15-8-6-14(24)7-9-15;1-4-17(21-27-19(12(2)32-21)22(30)31-3)26-20(29)16-9-24-11-18-15(16)10-25-28(18)14-7-5-13(23)6-8-14;1-2-3;1-2/h6-12,18H,4-5H2,1-3H3,(H,27,31);5-11,17H,4H2,1-3H3,(H,26,29);3H,2H2,1H3;2H2,1H3. The highest BCUT2D eigenvalue weighted by molar-refractivity contribution is 6.07. The Morgan fingerprint density at radius 2 is 1.06 bits per heavy atom. The molecule has 2 aromatic carbocycles. The number of ether oxygens (including phenoxy) is 1. The Kier molecular flexibility index (Phi) is 18.2. The third-order valence-corrected chi connectivity index (χ3v) is 10.2. The van der Waals surface area contributed by atoms with Gasteiger partial charge in [0.05, 0.1) is 65.4 Å². The minimum Gasteiger partial charge on any atom is -0.464 e. The van der Waals surface area contributed by atoms with Crippen LogP contribution >= 0.6 is 0 Å². The fourth-order valence-electron chi connectivity index (χ4n) is 6.81. The van der Waals surface area contributed by atoms with Crippen LogP contribution in [0.5, 0.6) is 0 Å². The first-order valence-electron chi connectivity index (χ1n) is 21.8. The van der Waals surface area contributed by atoms with Crippen molar-refractivity contribution in [2.24, 2.45) is 5.73 Å². The van der Waals surface area contributed by atoms with E-state index in [1.807, 2.05) is 13.8 Å². The van der Waals surface area contributed by atoms with E-state index in [1.54, 1.807) is 86.1 Å². The second kappa shape index (κ2) is 24.1. The summed E-state index contributed by atoms with van der Waals surface area (Å²) in [5, 5.41) is 23.2. The third kappa shape index (κ3) is 11.9. The van der Waals surface area contributed by atoms with Crippen LogP contribution in [-0.2, 0) is 4.74 Å². The molecule has 8 aromatic rings. The van der Waals surface area contributed by atoms with Crippen LogP contribution in [0.25, 0.3) is 33.2 Å². The summed E-state index contributed by atoms with van der Waals surface area (Å²) in [5.74, 6) is -0.949. The van der Waals surface area contributed by atoms with Crippen molar-refractivity contribution in [3.63, 3.8) is 0 Å². The fraction of sp³-hybridized carbons (Fsp3) is 0.292. The number of hydrogen-bond acceptors (Lipinski definition) is 15. The highest BCUT2D eigenvalue weighted by Gasteiger charge is 2.27. The number of carbonyl (C=O) groups is 4. The number of fused-ring (bicyclic) bond motifs is 2. The lowest BCUT2D eigenvalue weighted by Crippen LogP contribution is -2.28. The number of nitrogens with zero attached hydrogens (tertiary/aromatic N) is 8. The highest BCUT2D eigenvalue weighted by atomic mass is 19.1. The van der Waals surface area contributed by atoms with Gasteiger partial charge in [-0.1, -0.05) is 20.8 Å². The number of nitrogens with two attached hydrogens (primary N) is 1. The van der Waals surface area contributed by atoms with Gasteiger partial charge in [0.1, 0.15) is 40.9 Å². The van der Waals surface area contributed by atoms with Crippen LogP contribution in [0.3, 0.4) is 0 Å². The molecule has 0 aliphatic rings. The van der Waals surface area contributed by atoms with Crippen LogP contribution in [0.15, 0.2) is 94.5 Å². The maximum Gasteiger partial charge on any atom is 0.360 e. The quantitative estimate of drug-likeness (QED) is 0.0647. The highest BCUT2D eigenvalue weighted by Crippen LogP contribution is 2.26. The van der Waals surface area contributed by atoms with E-state index in [0.29, 0.717) is 80.8 Å². The molecule has 0 saturated carbocycles. The van der Waals surface area contributed by atoms with E-state index in [9.17, 15) is 28.0 Å². The number of aryl methyl sites for hydroxylation is 2. The van der Waals surface area contributed by atoms with Crippen LogP contribution in [0.2, 0.25) is 0 Å². The maximum absolute atomic E-state index is 13.3. The molecule has 0 fully saturated rings. The summed E-state index contributed by atoms with van der Waals surface area (Å²) < 4.78 is 45.7. The summed E-state index contributed by atoms with van der Waals surface area (Å²) in [5.41, 5.74) is 8.00. The van der Waals surface area contributed by atoms with Crippen LogP contribution in [0.1, 0.15) is 124 Å². The molecule has 0 spiro atoms. The third-order valence-electron chi connectivity index (χ3n) is 10.2. The number of methoxy groups -OCH3 is 1. The zero-order valence-corrected chi connectivity index (χ0v) is 39.3. The minimum absolute atomic E-state index is 0.0690. The van der Waals surface area contributed by atoms with Gasteiger partial charge >= 0.3 is 5.97 Å².